The van der Waals surface area contributed by atoms with Crippen LogP contribution in [0.5, 0.6) is 0 Å². The predicted molar refractivity (Wildman–Crippen MR) is 59.5 cm³/mol. The van der Waals surface area contributed by atoms with Gasteiger partial charge in [0.15, 0.2) is 11.5 Å². The Bertz CT molecular complexity index is 589. The van der Waals surface area contributed by atoms with Crippen molar-refractivity contribution in [3.63, 3.8) is 0 Å². The summed E-state index contributed by atoms with van der Waals surface area (Å²) in [5.41, 5.74) is 0.768. The van der Waals surface area contributed by atoms with E-state index < -0.39 is 5.97 Å². The van der Waals surface area contributed by atoms with Crippen LogP contribution in [-0.4, -0.2) is 45.5 Å². The van der Waals surface area contributed by atoms with Gasteiger partial charge in [-0.25, -0.2) is 4.79 Å². The normalized spacial score (nSPS) is 20.1. The second-order valence-electron chi connectivity index (χ2n) is 3.94. The van der Waals surface area contributed by atoms with Gasteiger partial charge in [0.2, 0.25) is 0 Å². The first-order valence-corrected chi connectivity index (χ1v) is 5.53. The van der Waals surface area contributed by atoms with Gasteiger partial charge in [0, 0.05) is 6.20 Å². The third-order valence-corrected chi connectivity index (χ3v) is 2.78. The van der Waals surface area contributed by atoms with Crippen molar-refractivity contribution < 1.29 is 19.4 Å². The molecule has 0 aliphatic carbocycles. The highest BCUT2D eigenvalue weighted by atomic mass is 16.6. The number of aromatic carboxylic acids is 1. The van der Waals surface area contributed by atoms with Crippen LogP contribution in [0.1, 0.15) is 22.3 Å². The third kappa shape index (κ3) is 1.83. The zero-order valence-corrected chi connectivity index (χ0v) is 9.44. The molecule has 7 heteroatoms. The fourth-order valence-corrected chi connectivity index (χ4v) is 1.89. The molecule has 0 saturated carbocycles. The van der Waals surface area contributed by atoms with Crippen molar-refractivity contribution in [1.29, 1.82) is 0 Å². The summed E-state index contributed by atoms with van der Waals surface area (Å²) in [5, 5.41) is 17.0. The summed E-state index contributed by atoms with van der Waals surface area (Å²) in [5.74, 6) is -0.426. The Labute approximate surface area is 102 Å². The minimum Gasteiger partial charge on any atom is -0.478 e. The van der Waals surface area contributed by atoms with Gasteiger partial charge in [0.1, 0.15) is 6.10 Å². The van der Waals surface area contributed by atoms with Crippen molar-refractivity contribution >= 4 is 11.6 Å². The van der Waals surface area contributed by atoms with Gasteiger partial charge >= 0.3 is 5.97 Å². The SMILES string of the molecule is O=C(O)c1ccc2nnc(C3COCCO3)n2c1. The Balaban J connectivity index is 2.05. The zero-order valence-electron chi connectivity index (χ0n) is 9.44. The van der Waals surface area contributed by atoms with E-state index in [1.165, 1.54) is 12.3 Å². The Morgan fingerprint density at radius 2 is 2.28 bits per heavy atom. The second kappa shape index (κ2) is 4.35. The zero-order chi connectivity index (χ0) is 12.5. The Morgan fingerprint density at radius 3 is 3.00 bits per heavy atom. The van der Waals surface area contributed by atoms with Crippen molar-refractivity contribution in [3.05, 3.63) is 29.7 Å². The molecule has 2 aromatic heterocycles. The Kier molecular flexibility index (Phi) is 2.69. The summed E-state index contributed by atoms with van der Waals surface area (Å²) < 4.78 is 12.5. The smallest absolute Gasteiger partial charge is 0.337 e. The first-order chi connectivity index (χ1) is 8.75. The van der Waals surface area contributed by atoms with Crippen LogP contribution in [0.15, 0.2) is 18.3 Å². The number of pyridine rings is 1. The first kappa shape index (κ1) is 11.1. The molecule has 1 fully saturated rings. The van der Waals surface area contributed by atoms with E-state index in [-0.39, 0.29) is 11.7 Å². The molecule has 0 aromatic carbocycles. The van der Waals surface area contributed by atoms with Crippen molar-refractivity contribution in [2.45, 2.75) is 6.10 Å². The Morgan fingerprint density at radius 1 is 1.39 bits per heavy atom. The maximum atomic E-state index is 10.9. The summed E-state index contributed by atoms with van der Waals surface area (Å²) in [6.45, 7) is 1.46. The van der Waals surface area contributed by atoms with Crippen molar-refractivity contribution in [2.75, 3.05) is 19.8 Å². The topological polar surface area (TPSA) is 86.0 Å². The number of ether oxygens (including phenoxy) is 2. The van der Waals surface area contributed by atoms with E-state index in [9.17, 15) is 4.79 Å². The number of fused-ring (bicyclic) bond motifs is 1. The van der Waals surface area contributed by atoms with Gasteiger partial charge in [0.25, 0.3) is 0 Å². The van der Waals surface area contributed by atoms with E-state index in [1.807, 2.05) is 0 Å². The highest BCUT2D eigenvalue weighted by molar-refractivity contribution is 5.87. The number of rotatable bonds is 2. The van der Waals surface area contributed by atoms with Gasteiger partial charge in [-0.3, -0.25) is 4.40 Å². The molecule has 0 radical (unpaired) electrons. The summed E-state index contributed by atoms with van der Waals surface area (Å²) >= 11 is 0. The van der Waals surface area contributed by atoms with E-state index in [1.54, 1.807) is 10.5 Å². The molecule has 1 aliphatic rings. The summed E-state index contributed by atoms with van der Waals surface area (Å²) in [6, 6.07) is 3.11. The molecule has 0 amide bonds. The molecule has 0 bridgehead atoms. The molecule has 2 aromatic rings. The summed E-state index contributed by atoms with van der Waals surface area (Å²) in [4.78, 5) is 10.9. The predicted octanol–water partition coefficient (Wildman–Crippen LogP) is 0.515. The van der Waals surface area contributed by atoms with Crippen molar-refractivity contribution in [3.8, 4) is 0 Å². The molecule has 1 saturated heterocycles. The van der Waals surface area contributed by atoms with Crippen molar-refractivity contribution in [1.82, 2.24) is 14.6 Å². The minimum absolute atomic E-state index is 0.181. The minimum atomic E-state index is -0.989. The largest absolute Gasteiger partial charge is 0.478 e. The molecule has 1 aliphatic heterocycles. The molecule has 0 spiro atoms. The number of aromatic nitrogens is 3. The van der Waals surface area contributed by atoms with Crippen LogP contribution in [-0.2, 0) is 9.47 Å². The highest BCUT2D eigenvalue weighted by Gasteiger charge is 2.22. The summed E-state index contributed by atoms with van der Waals surface area (Å²) in [7, 11) is 0. The standard InChI is InChI=1S/C11H11N3O4/c15-11(16)7-1-2-9-12-13-10(14(9)5-7)8-6-17-3-4-18-8/h1-2,5,8H,3-4,6H2,(H,15,16). The number of nitrogens with zero attached hydrogens (tertiary/aromatic N) is 3. The molecular formula is C11H11N3O4. The maximum absolute atomic E-state index is 10.9. The van der Waals surface area contributed by atoms with Gasteiger partial charge in [-0.1, -0.05) is 0 Å². The molecule has 18 heavy (non-hydrogen) atoms. The van der Waals surface area contributed by atoms with Gasteiger partial charge in [-0.15, -0.1) is 10.2 Å². The van der Waals surface area contributed by atoms with Crippen LogP contribution in [0, 0.1) is 0 Å². The summed E-state index contributed by atoms with van der Waals surface area (Å²) in [6.07, 6.45) is 1.18. The average Bonchev–Trinajstić information content (AvgIpc) is 2.82. The third-order valence-electron chi connectivity index (χ3n) is 2.78. The van der Waals surface area contributed by atoms with Crippen LogP contribution in [0.3, 0.4) is 0 Å². The first-order valence-electron chi connectivity index (χ1n) is 5.53. The molecule has 3 rings (SSSR count). The maximum Gasteiger partial charge on any atom is 0.337 e. The Hall–Kier alpha value is -1.99. The number of carboxylic acid groups (broad SMARTS) is 1. The van der Waals surface area contributed by atoms with E-state index in [4.69, 9.17) is 14.6 Å². The fourth-order valence-electron chi connectivity index (χ4n) is 1.89. The number of carboxylic acids is 1. The number of hydrogen-bond acceptors (Lipinski definition) is 5. The fraction of sp³-hybridized carbons (Fsp3) is 0.364. The molecule has 7 nitrogen and oxygen atoms in total. The van der Waals surface area contributed by atoms with E-state index in [0.29, 0.717) is 31.3 Å². The molecule has 94 valence electrons. The van der Waals surface area contributed by atoms with E-state index in [0.717, 1.165) is 0 Å². The molecule has 1 unspecified atom stereocenters. The van der Waals surface area contributed by atoms with Crippen LogP contribution in [0.25, 0.3) is 5.65 Å². The number of hydrogen-bond donors (Lipinski definition) is 1. The molecule has 1 N–H and O–H groups in total. The lowest BCUT2D eigenvalue weighted by atomic mass is 10.2. The average molecular weight is 249 g/mol. The van der Waals surface area contributed by atoms with Gasteiger partial charge in [-0.2, -0.15) is 0 Å². The van der Waals surface area contributed by atoms with Crippen LogP contribution in [0.4, 0.5) is 0 Å². The monoisotopic (exact) mass is 249 g/mol. The quantitative estimate of drug-likeness (QED) is 0.834. The van der Waals surface area contributed by atoms with E-state index >= 15 is 0 Å². The van der Waals surface area contributed by atoms with Gasteiger partial charge in [0.05, 0.1) is 25.4 Å². The van der Waals surface area contributed by atoms with Gasteiger partial charge in [-0.05, 0) is 12.1 Å². The molecular weight excluding hydrogens is 238 g/mol. The van der Waals surface area contributed by atoms with Crippen LogP contribution >= 0.6 is 0 Å². The van der Waals surface area contributed by atoms with Gasteiger partial charge < -0.3 is 14.6 Å². The molecule has 3 heterocycles. The van der Waals surface area contributed by atoms with Crippen molar-refractivity contribution in [2.24, 2.45) is 0 Å². The van der Waals surface area contributed by atoms with Crippen LogP contribution < -0.4 is 0 Å². The highest BCUT2D eigenvalue weighted by Crippen LogP contribution is 2.20. The number of carbonyl (C=O) groups is 1. The lowest BCUT2D eigenvalue weighted by molar-refractivity contribution is -0.0938. The van der Waals surface area contributed by atoms with E-state index in [2.05, 4.69) is 10.2 Å². The lowest BCUT2D eigenvalue weighted by Gasteiger charge is -2.21. The van der Waals surface area contributed by atoms with Crippen LogP contribution in [0.2, 0.25) is 0 Å². The molecule has 1 atom stereocenters. The lowest BCUT2D eigenvalue weighted by Crippen LogP contribution is -2.23. The second-order valence-corrected chi connectivity index (χ2v) is 3.94.